The molecule has 0 atom stereocenters. The lowest BCUT2D eigenvalue weighted by Gasteiger charge is -2.32. The zero-order valence-corrected chi connectivity index (χ0v) is 22.0. The highest BCUT2D eigenvalue weighted by Gasteiger charge is 2.27. The molecule has 10 heteroatoms. The van der Waals surface area contributed by atoms with Gasteiger partial charge in [-0.15, -0.1) is 0 Å². The summed E-state index contributed by atoms with van der Waals surface area (Å²) >= 11 is 6.01. The number of amides is 3. The molecule has 2 aromatic carbocycles. The molecule has 3 N–H and O–H groups in total. The first-order valence-electron chi connectivity index (χ1n) is 13.1. The Kier molecular flexibility index (Phi) is 9.70. The first kappa shape index (κ1) is 27.6. The molecule has 2 aliphatic rings. The largest absolute Gasteiger partial charge is 0.490 e. The lowest BCUT2D eigenvalue weighted by atomic mass is 9.87. The van der Waals surface area contributed by atoms with E-state index in [9.17, 15) is 14.4 Å². The molecule has 0 aromatic heterocycles. The van der Waals surface area contributed by atoms with Gasteiger partial charge in [0, 0.05) is 49.6 Å². The zero-order valence-electron chi connectivity index (χ0n) is 21.2. The number of hydrogen-bond acceptors (Lipinski definition) is 5. The van der Waals surface area contributed by atoms with Crippen LogP contribution in [-0.4, -0.2) is 66.3 Å². The summed E-state index contributed by atoms with van der Waals surface area (Å²) in [6, 6.07) is 14.0. The number of ether oxygens (including phenoxy) is 2. The van der Waals surface area contributed by atoms with E-state index in [-0.39, 0.29) is 30.1 Å². The summed E-state index contributed by atoms with van der Waals surface area (Å²) < 4.78 is 11.9. The molecule has 1 aliphatic carbocycles. The van der Waals surface area contributed by atoms with Crippen LogP contribution < -0.4 is 20.1 Å². The van der Waals surface area contributed by atoms with E-state index in [0.29, 0.717) is 68.2 Å². The van der Waals surface area contributed by atoms with Gasteiger partial charge in [-0.1, -0.05) is 17.7 Å². The van der Waals surface area contributed by atoms with E-state index in [1.54, 1.807) is 41.3 Å². The summed E-state index contributed by atoms with van der Waals surface area (Å²) in [7, 11) is 0. The van der Waals surface area contributed by atoms with Crippen LogP contribution in [-0.2, 0) is 4.79 Å². The van der Waals surface area contributed by atoms with Crippen LogP contribution in [0.4, 0.5) is 4.79 Å². The van der Waals surface area contributed by atoms with Crippen LogP contribution in [0.5, 0.6) is 11.5 Å². The van der Waals surface area contributed by atoms with Crippen molar-refractivity contribution in [2.24, 2.45) is 5.92 Å². The van der Waals surface area contributed by atoms with Gasteiger partial charge in [0.1, 0.15) is 17.6 Å². The van der Waals surface area contributed by atoms with Gasteiger partial charge >= 0.3 is 12.0 Å². The number of halogens is 1. The third-order valence-electron chi connectivity index (χ3n) is 6.96. The minimum absolute atomic E-state index is 0.00448. The van der Waals surface area contributed by atoms with Crippen LogP contribution in [0, 0.1) is 5.92 Å². The molecule has 0 bridgehead atoms. The van der Waals surface area contributed by atoms with Gasteiger partial charge in [-0.05, 0) is 68.1 Å². The molecule has 0 radical (unpaired) electrons. The Morgan fingerprint density at radius 3 is 2.13 bits per heavy atom. The number of nitrogens with zero attached hydrogens (tertiary/aromatic N) is 1. The molecule has 0 spiro atoms. The predicted octanol–water partition coefficient (Wildman–Crippen LogP) is 4.35. The Morgan fingerprint density at radius 2 is 1.47 bits per heavy atom. The van der Waals surface area contributed by atoms with Crippen LogP contribution in [0.15, 0.2) is 48.5 Å². The van der Waals surface area contributed by atoms with E-state index >= 15 is 0 Å². The highest BCUT2D eigenvalue weighted by atomic mass is 35.5. The fourth-order valence-electron chi connectivity index (χ4n) is 4.77. The van der Waals surface area contributed by atoms with Gasteiger partial charge in [0.25, 0.3) is 5.91 Å². The minimum Gasteiger partial charge on any atom is -0.490 e. The third-order valence-corrected chi connectivity index (χ3v) is 7.19. The second-order valence-electron chi connectivity index (χ2n) is 9.70. The molecule has 4 rings (SSSR count). The Labute approximate surface area is 227 Å². The van der Waals surface area contributed by atoms with Crippen molar-refractivity contribution in [1.82, 2.24) is 15.5 Å². The molecule has 38 heavy (non-hydrogen) atoms. The topological polar surface area (TPSA) is 117 Å². The van der Waals surface area contributed by atoms with E-state index in [2.05, 4.69) is 10.6 Å². The number of carbonyl (C=O) groups excluding carboxylic acids is 2. The number of carbonyl (C=O) groups is 3. The lowest BCUT2D eigenvalue weighted by molar-refractivity contribution is -0.143. The number of carboxylic acid groups (broad SMARTS) is 1. The van der Waals surface area contributed by atoms with Gasteiger partial charge in [0.15, 0.2) is 0 Å². The Morgan fingerprint density at radius 1 is 0.842 bits per heavy atom. The van der Waals surface area contributed by atoms with Gasteiger partial charge in [0.2, 0.25) is 0 Å². The fraction of sp³-hybridized carbons (Fsp3) is 0.464. The van der Waals surface area contributed by atoms with Gasteiger partial charge in [-0.2, -0.15) is 0 Å². The van der Waals surface area contributed by atoms with Crippen LogP contribution >= 0.6 is 11.6 Å². The normalized spacial score (nSPS) is 19.9. The summed E-state index contributed by atoms with van der Waals surface area (Å²) in [6.07, 6.45) is 4.16. The number of benzene rings is 2. The van der Waals surface area contributed by atoms with Crippen molar-refractivity contribution in [3.05, 3.63) is 59.1 Å². The molecule has 2 fully saturated rings. The second-order valence-corrected chi connectivity index (χ2v) is 10.1. The molecule has 0 unspecified atom stereocenters. The highest BCUT2D eigenvalue weighted by molar-refractivity contribution is 6.30. The number of piperidine rings is 1. The number of likely N-dealkylation sites (tertiary alicyclic amines) is 1. The maximum absolute atomic E-state index is 12.5. The number of carboxylic acids is 1. The van der Waals surface area contributed by atoms with E-state index in [1.807, 2.05) is 12.1 Å². The van der Waals surface area contributed by atoms with Crippen LogP contribution in [0.2, 0.25) is 5.02 Å². The number of aliphatic carboxylic acids is 1. The molecule has 2 aromatic rings. The highest BCUT2D eigenvalue weighted by Crippen LogP contribution is 2.28. The summed E-state index contributed by atoms with van der Waals surface area (Å²) in [6.45, 7) is 1.82. The predicted molar refractivity (Wildman–Crippen MR) is 143 cm³/mol. The molecular weight excluding hydrogens is 510 g/mol. The van der Waals surface area contributed by atoms with Crippen molar-refractivity contribution in [2.75, 3.05) is 26.2 Å². The van der Waals surface area contributed by atoms with Gasteiger partial charge in [0.05, 0.1) is 12.0 Å². The van der Waals surface area contributed by atoms with Gasteiger partial charge < -0.3 is 30.1 Å². The molecule has 1 saturated carbocycles. The maximum atomic E-state index is 12.5. The molecule has 1 saturated heterocycles. The Bertz CT molecular complexity index is 1100. The quantitative estimate of drug-likeness (QED) is 0.405. The van der Waals surface area contributed by atoms with E-state index < -0.39 is 5.97 Å². The van der Waals surface area contributed by atoms with Crippen molar-refractivity contribution >= 4 is 29.5 Å². The average molecular weight is 544 g/mol. The average Bonchev–Trinajstić information content (AvgIpc) is 2.92. The van der Waals surface area contributed by atoms with Crippen molar-refractivity contribution in [1.29, 1.82) is 0 Å². The standard InChI is InChI=1S/C28H34ClN3O6/c29-21-2-1-3-25(18-21)38-24-12-16-32(17-13-24)28(36)31-15-14-30-26(33)19-4-8-22(9-5-19)37-23-10-6-20(7-11-23)27(34)35/h1-5,8-9,18,20,23-24H,6-7,10-17H2,(H,30,33)(H,31,36)(H,34,35). The van der Waals surface area contributed by atoms with Crippen molar-refractivity contribution in [3.8, 4) is 11.5 Å². The molecule has 3 amide bonds. The molecule has 9 nitrogen and oxygen atoms in total. The fourth-order valence-corrected chi connectivity index (χ4v) is 4.95. The van der Waals surface area contributed by atoms with Crippen LogP contribution in [0.25, 0.3) is 0 Å². The zero-order chi connectivity index (χ0) is 26.9. The smallest absolute Gasteiger partial charge is 0.317 e. The van der Waals surface area contributed by atoms with Gasteiger partial charge in [-0.25, -0.2) is 4.79 Å². The minimum atomic E-state index is -0.737. The van der Waals surface area contributed by atoms with E-state index in [4.69, 9.17) is 26.2 Å². The van der Waals surface area contributed by atoms with E-state index in [1.165, 1.54) is 0 Å². The van der Waals surface area contributed by atoms with Crippen molar-refractivity contribution < 1.29 is 29.0 Å². The van der Waals surface area contributed by atoms with Crippen LogP contribution in [0.3, 0.4) is 0 Å². The third kappa shape index (κ3) is 8.02. The summed E-state index contributed by atoms with van der Waals surface area (Å²) in [5.41, 5.74) is 0.500. The number of rotatable bonds is 9. The summed E-state index contributed by atoms with van der Waals surface area (Å²) in [4.78, 5) is 37.8. The molecular formula is C28H34ClN3O6. The summed E-state index contributed by atoms with van der Waals surface area (Å²) in [5.74, 6) is 0.149. The number of hydrogen-bond donors (Lipinski definition) is 3. The Hall–Kier alpha value is -3.46. The van der Waals surface area contributed by atoms with Gasteiger partial charge in [-0.3, -0.25) is 9.59 Å². The number of nitrogens with one attached hydrogen (secondary N) is 2. The molecule has 1 heterocycles. The lowest BCUT2D eigenvalue weighted by Crippen LogP contribution is -2.47. The van der Waals surface area contributed by atoms with Crippen molar-refractivity contribution in [2.45, 2.75) is 50.7 Å². The molecule has 204 valence electrons. The SMILES string of the molecule is O=C(NCCNC(=O)N1CCC(Oc2cccc(Cl)c2)CC1)c1ccc(OC2CCC(C(=O)O)CC2)cc1. The number of urea groups is 1. The monoisotopic (exact) mass is 543 g/mol. The molecule has 1 aliphatic heterocycles. The first-order chi connectivity index (χ1) is 18.4. The second kappa shape index (κ2) is 13.4. The van der Waals surface area contributed by atoms with E-state index in [0.717, 1.165) is 18.6 Å². The Balaban J connectivity index is 1.10. The first-order valence-corrected chi connectivity index (χ1v) is 13.5. The van der Waals surface area contributed by atoms with Crippen molar-refractivity contribution in [3.63, 3.8) is 0 Å². The maximum Gasteiger partial charge on any atom is 0.317 e. The summed E-state index contributed by atoms with van der Waals surface area (Å²) in [5, 5.41) is 15.4. The van der Waals surface area contributed by atoms with Crippen LogP contribution in [0.1, 0.15) is 48.9 Å².